The summed E-state index contributed by atoms with van der Waals surface area (Å²) >= 11 is 0. The van der Waals surface area contributed by atoms with Gasteiger partial charge in [-0.2, -0.15) is 23.7 Å². The van der Waals surface area contributed by atoms with Crippen LogP contribution in [0.1, 0.15) is 24.4 Å². The molecule has 0 aliphatic rings. The Bertz CT molecular complexity index is 1010. The van der Waals surface area contributed by atoms with E-state index in [0.717, 1.165) is 11.3 Å². The fraction of sp³-hybridized carbons (Fsp3) is 0.286. The molecule has 10 heteroatoms. The molecule has 1 atom stereocenters. The number of methoxy groups -OCH3 is 1. The van der Waals surface area contributed by atoms with Gasteiger partial charge >= 0.3 is 6.61 Å². The molecule has 8 nitrogen and oxygen atoms in total. The maximum atomic E-state index is 12.5. The molecule has 0 fully saturated rings. The lowest BCUT2D eigenvalue weighted by atomic mass is 10.1. The summed E-state index contributed by atoms with van der Waals surface area (Å²) in [6.07, 6.45) is 0. The maximum absolute atomic E-state index is 12.5. The van der Waals surface area contributed by atoms with Crippen LogP contribution in [0.4, 0.5) is 26.4 Å². The molecular weight excluding hydrogens is 406 g/mol. The zero-order chi connectivity index (χ0) is 22.4. The van der Waals surface area contributed by atoms with Crippen LogP contribution in [0.25, 0.3) is 0 Å². The predicted molar refractivity (Wildman–Crippen MR) is 113 cm³/mol. The van der Waals surface area contributed by atoms with E-state index in [1.165, 1.54) is 13.2 Å². The first-order valence-corrected chi connectivity index (χ1v) is 9.51. The number of hydrogen-bond donors (Lipinski definition) is 2. The Hall–Kier alpha value is -3.53. The van der Waals surface area contributed by atoms with Crippen molar-refractivity contribution in [3.05, 3.63) is 59.9 Å². The van der Waals surface area contributed by atoms with Gasteiger partial charge in [0.25, 0.3) is 0 Å². The molecular formula is C21H24F2N6O2. The number of rotatable bonds is 9. The van der Waals surface area contributed by atoms with Gasteiger partial charge in [-0.25, -0.2) is 0 Å². The highest BCUT2D eigenvalue weighted by atomic mass is 19.3. The largest absolute Gasteiger partial charge is 0.493 e. The summed E-state index contributed by atoms with van der Waals surface area (Å²) in [5.41, 5.74) is 7.56. The highest BCUT2D eigenvalue weighted by molar-refractivity contribution is 5.53. The molecule has 0 radical (unpaired) electrons. The van der Waals surface area contributed by atoms with Gasteiger partial charge in [-0.3, -0.25) is 4.90 Å². The van der Waals surface area contributed by atoms with Crippen molar-refractivity contribution in [2.24, 2.45) is 0 Å². The normalized spacial score (nSPS) is 12.1. The zero-order valence-electron chi connectivity index (χ0n) is 17.4. The summed E-state index contributed by atoms with van der Waals surface area (Å²) in [5.74, 6) is 1.18. The molecule has 2 aromatic carbocycles. The molecule has 1 aromatic heterocycles. The summed E-state index contributed by atoms with van der Waals surface area (Å²) < 4.78 is 34.7. The van der Waals surface area contributed by atoms with Crippen LogP contribution in [0.5, 0.6) is 11.5 Å². The standard InChI is InChI=1S/C21H24F2N6O2/c1-13(18-26-20(24)28-21(27-18)25-15-7-5-4-6-8-15)29(2)12-14-9-10-16(31-19(22)23)17(11-14)30-3/h4-11,13,19H,12H2,1-3H3,(H3,24,25,26,27,28)/t13-/m1/s1. The highest BCUT2D eigenvalue weighted by Gasteiger charge is 2.18. The first-order valence-electron chi connectivity index (χ1n) is 9.51. The second-order valence-electron chi connectivity index (χ2n) is 6.82. The van der Waals surface area contributed by atoms with Gasteiger partial charge in [0.1, 0.15) is 0 Å². The number of aromatic nitrogens is 3. The van der Waals surface area contributed by atoms with Crippen molar-refractivity contribution in [1.29, 1.82) is 0 Å². The van der Waals surface area contributed by atoms with Crippen LogP contribution in [0.15, 0.2) is 48.5 Å². The average molecular weight is 430 g/mol. The number of hydrogen-bond acceptors (Lipinski definition) is 8. The third-order valence-corrected chi connectivity index (χ3v) is 4.61. The van der Waals surface area contributed by atoms with Gasteiger partial charge < -0.3 is 20.5 Å². The number of nitrogens with zero attached hydrogens (tertiary/aromatic N) is 4. The van der Waals surface area contributed by atoms with Crippen molar-refractivity contribution < 1.29 is 18.3 Å². The Kier molecular flexibility index (Phi) is 7.14. The summed E-state index contributed by atoms with van der Waals surface area (Å²) in [7, 11) is 3.30. The van der Waals surface area contributed by atoms with E-state index in [9.17, 15) is 8.78 Å². The number of benzene rings is 2. The van der Waals surface area contributed by atoms with Crippen LogP contribution in [-0.4, -0.2) is 40.6 Å². The Balaban J connectivity index is 1.74. The molecule has 0 unspecified atom stereocenters. The van der Waals surface area contributed by atoms with Crippen molar-refractivity contribution in [3.63, 3.8) is 0 Å². The van der Waals surface area contributed by atoms with Crippen LogP contribution in [0, 0.1) is 0 Å². The van der Waals surface area contributed by atoms with E-state index < -0.39 is 6.61 Å². The number of anilines is 3. The summed E-state index contributed by atoms with van der Waals surface area (Å²) in [4.78, 5) is 14.9. The SMILES string of the molecule is COc1cc(CN(C)[C@H](C)c2nc(N)nc(Nc3ccccc3)n2)ccc1OC(F)F. The minimum Gasteiger partial charge on any atom is -0.493 e. The number of ether oxygens (including phenoxy) is 2. The number of nitrogen functional groups attached to an aromatic ring is 1. The van der Waals surface area contributed by atoms with Crippen molar-refractivity contribution in [3.8, 4) is 11.5 Å². The molecule has 164 valence electrons. The van der Waals surface area contributed by atoms with E-state index >= 15 is 0 Å². The second-order valence-corrected chi connectivity index (χ2v) is 6.82. The van der Waals surface area contributed by atoms with E-state index in [1.54, 1.807) is 12.1 Å². The van der Waals surface area contributed by atoms with Gasteiger partial charge in [0.05, 0.1) is 13.2 Å². The summed E-state index contributed by atoms with van der Waals surface area (Å²) in [5, 5.41) is 3.11. The van der Waals surface area contributed by atoms with E-state index in [4.69, 9.17) is 10.5 Å². The molecule has 3 rings (SSSR count). The Morgan fingerprint density at radius 2 is 1.81 bits per heavy atom. The molecule has 31 heavy (non-hydrogen) atoms. The quantitative estimate of drug-likeness (QED) is 0.526. The predicted octanol–water partition coefficient (Wildman–Crippen LogP) is 4.00. The van der Waals surface area contributed by atoms with Gasteiger partial charge in [0.15, 0.2) is 17.3 Å². The maximum Gasteiger partial charge on any atom is 0.387 e. The second kappa shape index (κ2) is 9.98. The van der Waals surface area contributed by atoms with Gasteiger partial charge in [-0.15, -0.1) is 0 Å². The van der Waals surface area contributed by atoms with E-state index in [2.05, 4.69) is 25.0 Å². The molecule has 0 aliphatic heterocycles. The van der Waals surface area contributed by atoms with Crippen LogP contribution in [0.2, 0.25) is 0 Å². The lowest BCUT2D eigenvalue weighted by Crippen LogP contribution is -2.24. The number of para-hydroxylation sites is 1. The lowest BCUT2D eigenvalue weighted by Gasteiger charge is -2.24. The Labute approximate surface area is 179 Å². The molecule has 3 aromatic rings. The summed E-state index contributed by atoms with van der Waals surface area (Å²) in [6.45, 7) is -0.498. The molecule has 3 N–H and O–H groups in total. The topological polar surface area (TPSA) is 98.4 Å². The smallest absolute Gasteiger partial charge is 0.387 e. The molecule has 0 saturated carbocycles. The van der Waals surface area contributed by atoms with Crippen molar-refractivity contribution in [2.45, 2.75) is 26.1 Å². The fourth-order valence-electron chi connectivity index (χ4n) is 2.93. The van der Waals surface area contributed by atoms with Crippen molar-refractivity contribution >= 4 is 17.6 Å². The Morgan fingerprint density at radius 3 is 2.48 bits per heavy atom. The Morgan fingerprint density at radius 1 is 1.06 bits per heavy atom. The van der Waals surface area contributed by atoms with Crippen LogP contribution in [0.3, 0.4) is 0 Å². The van der Waals surface area contributed by atoms with E-state index in [0.29, 0.717) is 18.3 Å². The first-order chi connectivity index (χ1) is 14.9. The number of halogens is 2. The van der Waals surface area contributed by atoms with Crippen molar-refractivity contribution in [1.82, 2.24) is 19.9 Å². The van der Waals surface area contributed by atoms with Crippen LogP contribution >= 0.6 is 0 Å². The number of alkyl halides is 2. The zero-order valence-corrected chi connectivity index (χ0v) is 17.4. The fourth-order valence-corrected chi connectivity index (χ4v) is 2.93. The minimum absolute atomic E-state index is 0.0150. The van der Waals surface area contributed by atoms with Gasteiger partial charge in [0, 0.05) is 12.2 Å². The van der Waals surface area contributed by atoms with E-state index in [-0.39, 0.29) is 23.5 Å². The molecule has 0 bridgehead atoms. The number of nitrogens with two attached hydrogens (primary N) is 1. The van der Waals surface area contributed by atoms with Gasteiger partial charge in [-0.1, -0.05) is 24.3 Å². The number of nitrogens with one attached hydrogen (secondary N) is 1. The lowest BCUT2D eigenvalue weighted by molar-refractivity contribution is -0.0512. The highest BCUT2D eigenvalue weighted by Crippen LogP contribution is 2.30. The average Bonchev–Trinajstić information content (AvgIpc) is 2.74. The molecule has 0 aliphatic carbocycles. The molecule has 1 heterocycles. The molecule has 0 amide bonds. The van der Waals surface area contributed by atoms with E-state index in [1.807, 2.05) is 49.2 Å². The monoisotopic (exact) mass is 430 g/mol. The summed E-state index contributed by atoms with van der Waals surface area (Å²) in [6, 6.07) is 14.1. The third kappa shape index (κ3) is 5.98. The van der Waals surface area contributed by atoms with Crippen LogP contribution in [-0.2, 0) is 6.54 Å². The molecule has 0 spiro atoms. The minimum atomic E-state index is -2.92. The van der Waals surface area contributed by atoms with Crippen molar-refractivity contribution in [2.75, 3.05) is 25.2 Å². The van der Waals surface area contributed by atoms with Gasteiger partial charge in [-0.05, 0) is 43.8 Å². The third-order valence-electron chi connectivity index (χ3n) is 4.61. The molecule has 0 saturated heterocycles. The first kappa shape index (κ1) is 22.2. The van der Waals surface area contributed by atoms with Crippen LogP contribution < -0.4 is 20.5 Å². The van der Waals surface area contributed by atoms with Gasteiger partial charge in [0.2, 0.25) is 11.9 Å².